The number of nitrogens with zero attached hydrogens (tertiary/aromatic N) is 1. The van der Waals surface area contributed by atoms with E-state index >= 15 is 0 Å². The quantitative estimate of drug-likeness (QED) is 0.481. The zero-order valence-electron chi connectivity index (χ0n) is 21.5. The smallest absolute Gasteiger partial charge is 0.251 e. The Labute approximate surface area is 230 Å². The number of rotatable bonds is 6. The molecule has 2 amide bonds. The predicted molar refractivity (Wildman–Crippen MR) is 147 cm³/mol. The highest BCUT2D eigenvalue weighted by molar-refractivity contribution is 6.30. The highest BCUT2D eigenvalue weighted by Gasteiger charge is 2.29. The van der Waals surface area contributed by atoms with Gasteiger partial charge in [-0.3, -0.25) is 14.4 Å². The van der Waals surface area contributed by atoms with Gasteiger partial charge in [0.25, 0.3) is 5.56 Å². The molecule has 204 valence electrons. The van der Waals surface area contributed by atoms with Gasteiger partial charge in [0.15, 0.2) is 0 Å². The SMILES string of the molecule is CC1Cc2ccc(Cl)cc2-c2cc(=O)n(C(C[C@@H]3COCCO3)C(=O)Nc3ccc(C(N)=O)cc3)cc2CO1. The van der Waals surface area contributed by atoms with Gasteiger partial charge >= 0.3 is 0 Å². The molecule has 10 heteroatoms. The summed E-state index contributed by atoms with van der Waals surface area (Å²) in [4.78, 5) is 38.6. The number of anilines is 1. The maximum atomic E-state index is 13.6. The first-order valence-electron chi connectivity index (χ1n) is 12.8. The Balaban J connectivity index is 1.53. The van der Waals surface area contributed by atoms with Crippen LogP contribution >= 0.6 is 11.6 Å². The van der Waals surface area contributed by atoms with Crippen LogP contribution in [0.2, 0.25) is 5.02 Å². The summed E-state index contributed by atoms with van der Waals surface area (Å²) < 4.78 is 18.9. The van der Waals surface area contributed by atoms with Crippen LogP contribution in [-0.2, 0) is 32.0 Å². The molecule has 2 aromatic carbocycles. The lowest BCUT2D eigenvalue weighted by Gasteiger charge is -2.29. The number of ether oxygens (including phenoxy) is 3. The van der Waals surface area contributed by atoms with Crippen molar-refractivity contribution in [2.24, 2.45) is 5.73 Å². The van der Waals surface area contributed by atoms with E-state index in [0.29, 0.717) is 42.5 Å². The molecule has 0 saturated carbocycles. The van der Waals surface area contributed by atoms with Crippen molar-refractivity contribution in [3.63, 3.8) is 0 Å². The summed E-state index contributed by atoms with van der Waals surface area (Å²) in [5.41, 5.74) is 9.21. The third-order valence-corrected chi connectivity index (χ3v) is 7.24. The molecule has 2 unspecified atom stereocenters. The van der Waals surface area contributed by atoms with Crippen LogP contribution in [0.15, 0.2) is 59.5 Å². The molecule has 2 aliphatic rings. The lowest BCUT2D eigenvalue weighted by atomic mass is 9.92. The molecular formula is C29H30ClN3O6. The van der Waals surface area contributed by atoms with Gasteiger partial charge < -0.3 is 29.8 Å². The van der Waals surface area contributed by atoms with Crippen molar-refractivity contribution in [2.45, 2.75) is 44.6 Å². The average Bonchev–Trinajstić information content (AvgIpc) is 2.92. The van der Waals surface area contributed by atoms with E-state index in [0.717, 1.165) is 22.3 Å². The van der Waals surface area contributed by atoms with Gasteiger partial charge in [0.1, 0.15) is 6.04 Å². The van der Waals surface area contributed by atoms with Crippen LogP contribution in [0.1, 0.15) is 40.9 Å². The molecular weight excluding hydrogens is 522 g/mol. The Morgan fingerprint density at radius 1 is 1.08 bits per heavy atom. The van der Waals surface area contributed by atoms with E-state index in [1.807, 2.05) is 25.1 Å². The number of nitrogens with one attached hydrogen (secondary N) is 1. The van der Waals surface area contributed by atoms with Gasteiger partial charge in [0, 0.05) is 40.5 Å². The third-order valence-electron chi connectivity index (χ3n) is 7.00. The highest BCUT2D eigenvalue weighted by atomic mass is 35.5. The zero-order chi connectivity index (χ0) is 27.5. The van der Waals surface area contributed by atoms with Crippen LogP contribution in [0.25, 0.3) is 11.1 Å². The number of carbonyl (C=O) groups excluding carboxylic acids is 2. The van der Waals surface area contributed by atoms with Crippen LogP contribution in [0.4, 0.5) is 5.69 Å². The first-order valence-corrected chi connectivity index (χ1v) is 13.2. The maximum Gasteiger partial charge on any atom is 0.251 e. The molecule has 5 rings (SSSR count). The number of amides is 2. The molecule has 39 heavy (non-hydrogen) atoms. The summed E-state index contributed by atoms with van der Waals surface area (Å²) in [6.07, 6.45) is 2.20. The first kappa shape index (κ1) is 27.1. The highest BCUT2D eigenvalue weighted by Crippen LogP contribution is 2.33. The summed E-state index contributed by atoms with van der Waals surface area (Å²) in [6.45, 7) is 3.49. The molecule has 2 aliphatic heterocycles. The van der Waals surface area contributed by atoms with E-state index in [1.54, 1.807) is 24.4 Å². The zero-order valence-corrected chi connectivity index (χ0v) is 22.3. The second-order valence-corrected chi connectivity index (χ2v) is 10.3. The topological polar surface area (TPSA) is 122 Å². The maximum absolute atomic E-state index is 13.6. The summed E-state index contributed by atoms with van der Waals surface area (Å²) >= 11 is 6.33. The van der Waals surface area contributed by atoms with Gasteiger partial charge in [-0.15, -0.1) is 0 Å². The van der Waals surface area contributed by atoms with Crippen LogP contribution in [0, 0.1) is 0 Å². The van der Waals surface area contributed by atoms with Crippen LogP contribution < -0.4 is 16.6 Å². The summed E-state index contributed by atoms with van der Waals surface area (Å²) in [7, 11) is 0. The first-order chi connectivity index (χ1) is 18.8. The Bertz CT molecular complexity index is 1430. The summed E-state index contributed by atoms with van der Waals surface area (Å²) in [5, 5.41) is 3.44. The van der Waals surface area contributed by atoms with Gasteiger partial charge in [0.05, 0.1) is 38.6 Å². The minimum atomic E-state index is -0.896. The number of carbonyl (C=O) groups is 2. The van der Waals surface area contributed by atoms with E-state index in [-0.39, 0.29) is 30.8 Å². The van der Waals surface area contributed by atoms with Crippen molar-refractivity contribution in [3.05, 3.63) is 86.8 Å². The van der Waals surface area contributed by atoms with E-state index in [9.17, 15) is 14.4 Å². The Kier molecular flexibility index (Phi) is 8.13. The van der Waals surface area contributed by atoms with Crippen LogP contribution in [0.3, 0.4) is 0 Å². The number of nitrogens with two attached hydrogens (primary N) is 1. The standard InChI is InChI=1S/C29H30ClN3O6/c1-17-10-19-2-5-21(30)11-24(19)25-13-27(34)33(14-20(25)15-39-17)26(12-23-16-37-8-9-38-23)29(36)32-22-6-3-18(4-7-22)28(31)35/h2-7,11,13-14,17,23,26H,8-10,12,15-16H2,1H3,(H2,31,35)(H,32,36)/t17?,23-,26?/m1/s1. The molecule has 0 radical (unpaired) electrons. The monoisotopic (exact) mass is 551 g/mol. The normalized spacial score (nSPS) is 19.6. The second kappa shape index (κ2) is 11.7. The fourth-order valence-corrected chi connectivity index (χ4v) is 5.16. The molecule has 0 bridgehead atoms. The Morgan fingerprint density at radius 2 is 1.85 bits per heavy atom. The fraction of sp³-hybridized carbons (Fsp3) is 0.345. The molecule has 1 aromatic heterocycles. The number of hydrogen-bond acceptors (Lipinski definition) is 6. The Hall–Kier alpha value is -3.50. The molecule has 0 aliphatic carbocycles. The van der Waals surface area contributed by atoms with E-state index in [1.165, 1.54) is 16.7 Å². The number of pyridine rings is 1. The molecule has 0 spiro atoms. The number of primary amides is 1. The van der Waals surface area contributed by atoms with Crippen molar-refractivity contribution in [3.8, 4) is 11.1 Å². The molecule has 3 atom stereocenters. The largest absolute Gasteiger partial charge is 0.376 e. The van der Waals surface area contributed by atoms with E-state index < -0.39 is 17.9 Å². The van der Waals surface area contributed by atoms with Crippen molar-refractivity contribution < 1.29 is 23.8 Å². The molecule has 3 heterocycles. The lowest BCUT2D eigenvalue weighted by molar-refractivity contribution is -0.124. The van der Waals surface area contributed by atoms with Crippen LogP contribution in [-0.4, -0.2) is 48.4 Å². The van der Waals surface area contributed by atoms with Gasteiger partial charge in [-0.25, -0.2) is 0 Å². The van der Waals surface area contributed by atoms with E-state index in [4.69, 9.17) is 31.5 Å². The minimum Gasteiger partial charge on any atom is -0.376 e. The number of aromatic nitrogens is 1. The third kappa shape index (κ3) is 6.23. The summed E-state index contributed by atoms with van der Waals surface area (Å²) in [5.74, 6) is -0.964. The number of halogens is 1. The average molecular weight is 552 g/mol. The fourth-order valence-electron chi connectivity index (χ4n) is 4.99. The van der Waals surface area contributed by atoms with Gasteiger partial charge in [-0.1, -0.05) is 17.7 Å². The minimum absolute atomic E-state index is 0.0475. The molecule has 1 saturated heterocycles. The number of benzene rings is 2. The van der Waals surface area contributed by atoms with Crippen molar-refractivity contribution in [1.82, 2.24) is 4.57 Å². The molecule has 3 N–H and O–H groups in total. The van der Waals surface area contributed by atoms with Crippen molar-refractivity contribution in [1.29, 1.82) is 0 Å². The lowest BCUT2D eigenvalue weighted by Crippen LogP contribution is -2.39. The summed E-state index contributed by atoms with van der Waals surface area (Å²) in [6, 6.07) is 12.5. The number of hydrogen-bond donors (Lipinski definition) is 2. The predicted octanol–water partition coefficient (Wildman–Crippen LogP) is 3.71. The molecule has 1 fully saturated rings. The van der Waals surface area contributed by atoms with Gasteiger partial charge in [-0.05, 0) is 66.4 Å². The molecule has 3 aromatic rings. The van der Waals surface area contributed by atoms with E-state index in [2.05, 4.69) is 5.32 Å². The second-order valence-electron chi connectivity index (χ2n) is 9.84. The number of fused-ring (bicyclic) bond motifs is 3. The van der Waals surface area contributed by atoms with Gasteiger partial charge in [0.2, 0.25) is 11.8 Å². The van der Waals surface area contributed by atoms with Gasteiger partial charge in [-0.2, -0.15) is 0 Å². The van der Waals surface area contributed by atoms with Crippen LogP contribution in [0.5, 0.6) is 0 Å². The molecule has 9 nitrogen and oxygen atoms in total. The Morgan fingerprint density at radius 3 is 2.56 bits per heavy atom. The van der Waals surface area contributed by atoms with Crippen molar-refractivity contribution in [2.75, 3.05) is 25.1 Å². The van der Waals surface area contributed by atoms with Crippen molar-refractivity contribution >= 4 is 29.1 Å².